The summed E-state index contributed by atoms with van der Waals surface area (Å²) in [6.07, 6.45) is 1.13. The molecule has 0 saturated heterocycles. The van der Waals surface area contributed by atoms with E-state index >= 15 is 0 Å². The van der Waals surface area contributed by atoms with E-state index in [0.29, 0.717) is 16.8 Å². The summed E-state index contributed by atoms with van der Waals surface area (Å²) >= 11 is 3.25. The molecule has 0 saturated carbocycles. The van der Waals surface area contributed by atoms with Crippen molar-refractivity contribution in [1.29, 1.82) is 0 Å². The van der Waals surface area contributed by atoms with E-state index in [2.05, 4.69) is 45.0 Å². The number of halogens is 1. The monoisotopic (exact) mass is 313 g/mol. The summed E-state index contributed by atoms with van der Waals surface area (Å²) in [4.78, 5) is 18.2. The Bertz CT molecular complexity index is 384. The van der Waals surface area contributed by atoms with Crippen molar-refractivity contribution >= 4 is 21.8 Å². The van der Waals surface area contributed by atoms with Crippen LogP contribution in [0.1, 0.15) is 30.8 Å². The predicted molar refractivity (Wildman–Crippen MR) is 76.7 cm³/mol. The fourth-order valence-corrected chi connectivity index (χ4v) is 2.04. The maximum atomic E-state index is 11.8. The maximum absolute atomic E-state index is 11.8. The molecule has 1 rings (SSSR count). The number of rotatable bonds is 7. The molecule has 1 N–H and O–H groups in total. The topological polar surface area (TPSA) is 45.2 Å². The molecule has 0 aliphatic heterocycles. The van der Waals surface area contributed by atoms with Gasteiger partial charge in [0, 0.05) is 13.1 Å². The summed E-state index contributed by atoms with van der Waals surface area (Å²) in [6.45, 7) is 7.91. The van der Waals surface area contributed by atoms with Crippen LogP contribution in [0, 0.1) is 0 Å². The summed E-state index contributed by atoms with van der Waals surface area (Å²) in [7, 11) is 0. The van der Waals surface area contributed by atoms with Crippen LogP contribution in [0.2, 0.25) is 0 Å². The van der Waals surface area contributed by atoms with Crippen molar-refractivity contribution < 1.29 is 4.79 Å². The van der Waals surface area contributed by atoms with Crippen molar-refractivity contribution in [3.05, 3.63) is 28.5 Å². The number of amides is 1. The van der Waals surface area contributed by atoms with E-state index in [1.54, 1.807) is 18.2 Å². The summed E-state index contributed by atoms with van der Waals surface area (Å²) < 4.78 is 0.677. The molecule has 0 fully saturated rings. The number of pyridine rings is 1. The molecule has 0 unspecified atom stereocenters. The molecule has 100 valence electrons. The molecule has 4 nitrogen and oxygen atoms in total. The number of carbonyl (C=O) groups is 1. The number of hydrogen-bond donors (Lipinski definition) is 1. The highest BCUT2D eigenvalue weighted by Gasteiger charge is 2.07. The third-order valence-corrected chi connectivity index (χ3v) is 3.09. The molecule has 1 aromatic heterocycles. The van der Waals surface area contributed by atoms with Crippen LogP contribution in [-0.4, -0.2) is 42.0 Å². The Labute approximate surface area is 117 Å². The first-order chi connectivity index (χ1) is 8.67. The van der Waals surface area contributed by atoms with Crippen molar-refractivity contribution in [3.8, 4) is 0 Å². The highest BCUT2D eigenvalue weighted by Crippen LogP contribution is 2.05. The van der Waals surface area contributed by atoms with E-state index in [4.69, 9.17) is 0 Å². The molecule has 0 bridgehead atoms. The molecule has 0 aliphatic rings. The van der Waals surface area contributed by atoms with Gasteiger partial charge in [0.1, 0.15) is 10.3 Å². The second-order valence-electron chi connectivity index (χ2n) is 4.04. The Kier molecular flexibility index (Phi) is 6.90. The van der Waals surface area contributed by atoms with Gasteiger partial charge in [0.15, 0.2) is 0 Å². The number of likely N-dealkylation sites (N-methyl/N-ethyl adjacent to an activating group) is 1. The molecule has 1 aromatic rings. The zero-order valence-corrected chi connectivity index (χ0v) is 12.5. The predicted octanol–water partition coefficient (Wildman–Crippen LogP) is 2.31. The van der Waals surface area contributed by atoms with Crippen LogP contribution < -0.4 is 5.32 Å². The largest absolute Gasteiger partial charge is 0.349 e. The fraction of sp³-hybridized carbons (Fsp3) is 0.538. The Morgan fingerprint density at radius 2 is 2.17 bits per heavy atom. The lowest BCUT2D eigenvalue weighted by molar-refractivity contribution is 0.0943. The minimum absolute atomic E-state index is 0.121. The molecule has 0 spiro atoms. The third-order valence-electron chi connectivity index (χ3n) is 2.65. The Morgan fingerprint density at radius 1 is 1.39 bits per heavy atom. The lowest BCUT2D eigenvalue weighted by Gasteiger charge is -2.19. The number of aromatic nitrogens is 1. The van der Waals surface area contributed by atoms with E-state index in [1.807, 2.05) is 0 Å². The van der Waals surface area contributed by atoms with E-state index in [9.17, 15) is 4.79 Å². The van der Waals surface area contributed by atoms with Gasteiger partial charge in [-0.2, -0.15) is 0 Å². The normalized spacial score (nSPS) is 10.7. The van der Waals surface area contributed by atoms with E-state index in [1.165, 1.54) is 0 Å². The first kappa shape index (κ1) is 15.1. The fourth-order valence-electron chi connectivity index (χ4n) is 1.70. The molecule has 0 atom stereocenters. The summed E-state index contributed by atoms with van der Waals surface area (Å²) in [5.41, 5.74) is 0.447. The van der Waals surface area contributed by atoms with E-state index in [-0.39, 0.29) is 5.91 Å². The SMILES string of the molecule is CCCN(CC)CCNC(=O)c1cccc(Br)n1. The van der Waals surface area contributed by atoms with Crippen LogP contribution in [0.25, 0.3) is 0 Å². The third kappa shape index (κ3) is 5.14. The minimum atomic E-state index is -0.121. The zero-order chi connectivity index (χ0) is 13.4. The standard InChI is InChI=1S/C13H20BrN3O/c1-3-9-17(4-2)10-8-15-13(18)11-6-5-7-12(14)16-11/h5-7H,3-4,8-10H2,1-2H3,(H,15,18). The van der Waals surface area contributed by atoms with Crippen molar-refractivity contribution in [1.82, 2.24) is 15.2 Å². The summed E-state index contributed by atoms with van der Waals surface area (Å²) in [6, 6.07) is 5.32. The first-order valence-corrected chi connectivity index (χ1v) is 7.09. The van der Waals surface area contributed by atoms with Crippen LogP contribution >= 0.6 is 15.9 Å². The lowest BCUT2D eigenvalue weighted by atomic mass is 10.3. The lowest BCUT2D eigenvalue weighted by Crippen LogP contribution is -2.35. The van der Waals surface area contributed by atoms with Gasteiger partial charge in [0.2, 0.25) is 0 Å². The second-order valence-corrected chi connectivity index (χ2v) is 4.85. The molecular formula is C13H20BrN3O. The molecule has 1 heterocycles. The second kappa shape index (κ2) is 8.21. The minimum Gasteiger partial charge on any atom is -0.349 e. The van der Waals surface area contributed by atoms with Gasteiger partial charge in [0.25, 0.3) is 5.91 Å². The summed E-state index contributed by atoms with van der Waals surface area (Å²) in [5, 5.41) is 2.89. The van der Waals surface area contributed by atoms with Gasteiger partial charge in [-0.25, -0.2) is 4.98 Å². The van der Waals surface area contributed by atoms with E-state index < -0.39 is 0 Å². The molecule has 1 amide bonds. The average Bonchev–Trinajstić information content (AvgIpc) is 2.37. The van der Waals surface area contributed by atoms with Crippen LogP contribution in [0.5, 0.6) is 0 Å². The van der Waals surface area contributed by atoms with Crippen molar-refractivity contribution in [3.63, 3.8) is 0 Å². The first-order valence-electron chi connectivity index (χ1n) is 6.30. The smallest absolute Gasteiger partial charge is 0.269 e. The van der Waals surface area contributed by atoms with Gasteiger partial charge >= 0.3 is 0 Å². The Morgan fingerprint density at radius 3 is 2.78 bits per heavy atom. The van der Waals surface area contributed by atoms with Crippen LogP contribution in [0.3, 0.4) is 0 Å². The van der Waals surface area contributed by atoms with Gasteiger partial charge in [-0.15, -0.1) is 0 Å². The quantitative estimate of drug-likeness (QED) is 0.786. The van der Waals surface area contributed by atoms with Crippen molar-refractivity contribution in [2.24, 2.45) is 0 Å². The van der Waals surface area contributed by atoms with Gasteiger partial charge in [-0.3, -0.25) is 4.79 Å². The summed E-state index contributed by atoms with van der Waals surface area (Å²) in [5.74, 6) is -0.121. The number of carbonyl (C=O) groups excluding carboxylic acids is 1. The van der Waals surface area contributed by atoms with E-state index in [0.717, 1.165) is 26.1 Å². The molecule has 0 aromatic carbocycles. The molecule has 0 radical (unpaired) electrons. The van der Waals surface area contributed by atoms with Gasteiger partial charge < -0.3 is 10.2 Å². The highest BCUT2D eigenvalue weighted by atomic mass is 79.9. The molecule has 5 heteroatoms. The van der Waals surface area contributed by atoms with Crippen molar-refractivity contribution in [2.45, 2.75) is 20.3 Å². The zero-order valence-electron chi connectivity index (χ0n) is 10.9. The Balaban J connectivity index is 2.37. The van der Waals surface area contributed by atoms with Crippen LogP contribution in [-0.2, 0) is 0 Å². The van der Waals surface area contributed by atoms with Crippen molar-refractivity contribution in [2.75, 3.05) is 26.2 Å². The number of nitrogens with zero attached hydrogens (tertiary/aromatic N) is 2. The highest BCUT2D eigenvalue weighted by molar-refractivity contribution is 9.10. The molecule has 18 heavy (non-hydrogen) atoms. The van der Waals surface area contributed by atoms with Gasteiger partial charge in [-0.05, 0) is 47.6 Å². The van der Waals surface area contributed by atoms with Crippen LogP contribution in [0.4, 0.5) is 0 Å². The molecule has 0 aliphatic carbocycles. The maximum Gasteiger partial charge on any atom is 0.269 e. The van der Waals surface area contributed by atoms with Crippen LogP contribution in [0.15, 0.2) is 22.8 Å². The molecular weight excluding hydrogens is 294 g/mol. The number of hydrogen-bond acceptors (Lipinski definition) is 3. The number of nitrogens with one attached hydrogen (secondary N) is 1. The van der Waals surface area contributed by atoms with Gasteiger partial charge in [-0.1, -0.05) is 19.9 Å². The average molecular weight is 314 g/mol. The van der Waals surface area contributed by atoms with Gasteiger partial charge in [0.05, 0.1) is 0 Å². The Hall–Kier alpha value is -0.940.